The lowest BCUT2D eigenvalue weighted by Crippen LogP contribution is -2.37. The van der Waals surface area contributed by atoms with Gasteiger partial charge < -0.3 is 14.6 Å². The quantitative estimate of drug-likeness (QED) is 0.904. The van der Waals surface area contributed by atoms with E-state index in [4.69, 9.17) is 9.47 Å². The molecule has 1 unspecified atom stereocenters. The summed E-state index contributed by atoms with van der Waals surface area (Å²) in [5.41, 5.74) is 1.09. The van der Waals surface area contributed by atoms with Crippen molar-refractivity contribution in [2.75, 3.05) is 20.8 Å². The zero-order valence-electron chi connectivity index (χ0n) is 12.1. The van der Waals surface area contributed by atoms with Crippen molar-refractivity contribution in [1.82, 2.24) is 4.90 Å². The monoisotopic (exact) mass is 265 g/mol. The molecule has 0 spiro atoms. The molecule has 0 saturated carbocycles. The molecule has 106 valence electrons. The SMILES string of the molecule is COc1ccc(OC)c(CN2CC(O)CC2(C)C)c1. The lowest BCUT2D eigenvalue weighted by atomic mass is 10.0. The van der Waals surface area contributed by atoms with Crippen LogP contribution in [0.3, 0.4) is 0 Å². The molecule has 1 heterocycles. The van der Waals surface area contributed by atoms with Gasteiger partial charge in [0.05, 0.1) is 20.3 Å². The molecule has 1 fully saturated rings. The molecule has 1 aromatic rings. The van der Waals surface area contributed by atoms with E-state index in [0.717, 1.165) is 30.0 Å². The first-order chi connectivity index (χ1) is 8.96. The van der Waals surface area contributed by atoms with E-state index in [0.29, 0.717) is 6.54 Å². The second-order valence-electron chi connectivity index (χ2n) is 5.73. The van der Waals surface area contributed by atoms with E-state index in [1.807, 2.05) is 18.2 Å². The third kappa shape index (κ3) is 3.01. The summed E-state index contributed by atoms with van der Waals surface area (Å²) in [7, 11) is 3.34. The fraction of sp³-hybridized carbons (Fsp3) is 0.600. The van der Waals surface area contributed by atoms with Crippen LogP contribution in [-0.4, -0.2) is 42.4 Å². The van der Waals surface area contributed by atoms with Gasteiger partial charge in [-0.1, -0.05) is 0 Å². The predicted octanol–water partition coefficient (Wildman–Crippen LogP) is 2.05. The molecule has 1 aliphatic rings. The molecule has 0 amide bonds. The van der Waals surface area contributed by atoms with Crippen LogP contribution in [-0.2, 0) is 6.54 Å². The summed E-state index contributed by atoms with van der Waals surface area (Å²) in [6.07, 6.45) is 0.561. The first-order valence-corrected chi connectivity index (χ1v) is 6.60. The second-order valence-corrected chi connectivity index (χ2v) is 5.73. The van der Waals surface area contributed by atoms with Gasteiger partial charge >= 0.3 is 0 Å². The number of nitrogens with zero attached hydrogens (tertiary/aromatic N) is 1. The Labute approximate surface area is 114 Å². The average molecular weight is 265 g/mol. The van der Waals surface area contributed by atoms with Crippen molar-refractivity contribution in [1.29, 1.82) is 0 Å². The second kappa shape index (κ2) is 5.39. The van der Waals surface area contributed by atoms with E-state index in [1.165, 1.54) is 0 Å². The van der Waals surface area contributed by atoms with E-state index in [2.05, 4.69) is 18.7 Å². The van der Waals surface area contributed by atoms with E-state index < -0.39 is 0 Å². The van der Waals surface area contributed by atoms with E-state index in [1.54, 1.807) is 14.2 Å². The van der Waals surface area contributed by atoms with Gasteiger partial charge in [-0.2, -0.15) is 0 Å². The van der Waals surface area contributed by atoms with Gasteiger partial charge in [0.15, 0.2) is 0 Å². The fourth-order valence-electron chi connectivity index (χ4n) is 2.76. The Morgan fingerprint density at radius 2 is 2.05 bits per heavy atom. The minimum absolute atomic E-state index is 0.00745. The number of hydrogen-bond donors (Lipinski definition) is 1. The molecular formula is C15H23NO3. The van der Waals surface area contributed by atoms with Crippen molar-refractivity contribution in [2.45, 2.75) is 38.5 Å². The molecule has 2 rings (SSSR count). The number of methoxy groups -OCH3 is 2. The summed E-state index contributed by atoms with van der Waals surface area (Å²) in [4.78, 5) is 2.29. The van der Waals surface area contributed by atoms with Gasteiger partial charge in [0.1, 0.15) is 11.5 Å². The number of β-amino-alcohol motifs (C(OH)–C–C–N with tert-alkyl or cyclic N) is 1. The summed E-state index contributed by atoms with van der Waals surface area (Å²) in [5.74, 6) is 1.69. The van der Waals surface area contributed by atoms with Crippen molar-refractivity contribution >= 4 is 0 Å². The largest absolute Gasteiger partial charge is 0.497 e. The Kier molecular flexibility index (Phi) is 4.02. The third-order valence-electron chi connectivity index (χ3n) is 3.87. The highest BCUT2D eigenvalue weighted by Gasteiger charge is 2.37. The van der Waals surface area contributed by atoms with Gasteiger partial charge in [-0.15, -0.1) is 0 Å². The minimum Gasteiger partial charge on any atom is -0.497 e. The molecule has 0 radical (unpaired) electrons. The molecule has 1 aliphatic heterocycles. The smallest absolute Gasteiger partial charge is 0.123 e. The first kappa shape index (κ1) is 14.2. The van der Waals surface area contributed by atoms with Gasteiger partial charge in [0.25, 0.3) is 0 Å². The van der Waals surface area contributed by atoms with Crippen molar-refractivity contribution in [3.05, 3.63) is 23.8 Å². The van der Waals surface area contributed by atoms with Gasteiger partial charge in [0, 0.05) is 24.2 Å². The lowest BCUT2D eigenvalue weighted by Gasteiger charge is -2.31. The zero-order chi connectivity index (χ0) is 14.0. The van der Waals surface area contributed by atoms with Crippen molar-refractivity contribution in [3.63, 3.8) is 0 Å². The molecular weight excluding hydrogens is 242 g/mol. The number of aliphatic hydroxyl groups excluding tert-OH is 1. The Morgan fingerprint density at radius 3 is 2.58 bits per heavy atom. The highest BCUT2D eigenvalue weighted by Crippen LogP contribution is 2.33. The number of benzene rings is 1. The average Bonchev–Trinajstić information content (AvgIpc) is 2.62. The summed E-state index contributed by atoms with van der Waals surface area (Å²) in [6, 6.07) is 5.82. The lowest BCUT2D eigenvalue weighted by molar-refractivity contribution is 0.155. The van der Waals surface area contributed by atoms with Crippen LogP contribution in [0.15, 0.2) is 18.2 Å². The first-order valence-electron chi connectivity index (χ1n) is 6.60. The van der Waals surface area contributed by atoms with Crippen LogP contribution in [0.4, 0.5) is 0 Å². The van der Waals surface area contributed by atoms with Crippen LogP contribution < -0.4 is 9.47 Å². The molecule has 1 atom stereocenters. The van der Waals surface area contributed by atoms with Crippen LogP contribution >= 0.6 is 0 Å². The molecule has 4 heteroatoms. The maximum atomic E-state index is 9.84. The Balaban J connectivity index is 2.22. The van der Waals surface area contributed by atoms with Crippen LogP contribution in [0, 0.1) is 0 Å². The topological polar surface area (TPSA) is 41.9 Å². The normalized spacial score (nSPS) is 22.5. The van der Waals surface area contributed by atoms with Crippen LogP contribution in [0.25, 0.3) is 0 Å². The molecule has 0 aromatic heterocycles. The van der Waals surface area contributed by atoms with E-state index in [-0.39, 0.29) is 11.6 Å². The zero-order valence-corrected chi connectivity index (χ0v) is 12.1. The third-order valence-corrected chi connectivity index (χ3v) is 3.87. The molecule has 1 N–H and O–H groups in total. The molecule has 0 aliphatic carbocycles. The predicted molar refractivity (Wildman–Crippen MR) is 74.7 cm³/mol. The summed E-state index contributed by atoms with van der Waals surface area (Å²) >= 11 is 0. The number of ether oxygens (including phenoxy) is 2. The standard InChI is InChI=1S/C15H23NO3/c1-15(2)8-12(17)10-16(15)9-11-7-13(18-3)5-6-14(11)19-4/h5-7,12,17H,8-10H2,1-4H3. The molecule has 0 bridgehead atoms. The van der Waals surface area contributed by atoms with Crippen molar-refractivity contribution in [3.8, 4) is 11.5 Å². The molecule has 1 saturated heterocycles. The minimum atomic E-state index is -0.244. The van der Waals surface area contributed by atoms with Crippen LogP contribution in [0.2, 0.25) is 0 Å². The van der Waals surface area contributed by atoms with Crippen LogP contribution in [0.1, 0.15) is 25.8 Å². The number of rotatable bonds is 4. The van der Waals surface area contributed by atoms with E-state index in [9.17, 15) is 5.11 Å². The van der Waals surface area contributed by atoms with Gasteiger partial charge in [-0.25, -0.2) is 0 Å². The van der Waals surface area contributed by atoms with Crippen molar-refractivity contribution < 1.29 is 14.6 Å². The highest BCUT2D eigenvalue weighted by atomic mass is 16.5. The summed E-state index contributed by atoms with van der Waals surface area (Å²) in [6.45, 7) is 5.78. The Bertz CT molecular complexity index is 445. The fourth-order valence-corrected chi connectivity index (χ4v) is 2.76. The molecule has 1 aromatic carbocycles. The summed E-state index contributed by atoms with van der Waals surface area (Å²) in [5, 5.41) is 9.84. The van der Waals surface area contributed by atoms with E-state index >= 15 is 0 Å². The summed E-state index contributed by atoms with van der Waals surface area (Å²) < 4.78 is 10.7. The number of hydrogen-bond acceptors (Lipinski definition) is 4. The number of likely N-dealkylation sites (tertiary alicyclic amines) is 1. The van der Waals surface area contributed by atoms with Gasteiger partial charge in [-0.05, 0) is 38.5 Å². The maximum absolute atomic E-state index is 9.84. The Hall–Kier alpha value is -1.26. The van der Waals surface area contributed by atoms with Gasteiger partial charge in [-0.3, -0.25) is 4.90 Å². The molecule has 19 heavy (non-hydrogen) atoms. The Morgan fingerprint density at radius 1 is 1.32 bits per heavy atom. The number of aliphatic hydroxyl groups is 1. The highest BCUT2D eigenvalue weighted by molar-refractivity contribution is 5.40. The molecule has 4 nitrogen and oxygen atoms in total. The maximum Gasteiger partial charge on any atom is 0.123 e. The van der Waals surface area contributed by atoms with Gasteiger partial charge in [0.2, 0.25) is 0 Å². The van der Waals surface area contributed by atoms with Crippen LogP contribution in [0.5, 0.6) is 11.5 Å². The van der Waals surface area contributed by atoms with Crippen molar-refractivity contribution in [2.24, 2.45) is 0 Å².